The molecule has 0 unspecified atom stereocenters. The van der Waals surface area contributed by atoms with E-state index in [1.54, 1.807) is 51.5 Å². The van der Waals surface area contributed by atoms with Crippen molar-refractivity contribution < 1.29 is 28.5 Å². The normalized spacial score (nSPS) is 13.2. The maximum atomic E-state index is 12.7. The average Bonchev–Trinajstić information content (AvgIpc) is 2.95. The summed E-state index contributed by atoms with van der Waals surface area (Å²) in [5, 5.41) is 8.82. The van der Waals surface area contributed by atoms with E-state index in [0.717, 1.165) is 11.4 Å². The van der Waals surface area contributed by atoms with Crippen molar-refractivity contribution in [3.05, 3.63) is 48.5 Å². The van der Waals surface area contributed by atoms with Gasteiger partial charge < -0.3 is 33.5 Å². The number of ether oxygens (including phenoxy) is 5. The lowest BCUT2D eigenvalue weighted by Gasteiger charge is -2.35. The number of methoxy groups -OCH3 is 4. The van der Waals surface area contributed by atoms with Crippen LogP contribution < -0.4 is 28.6 Å². The molecule has 1 aliphatic heterocycles. The summed E-state index contributed by atoms with van der Waals surface area (Å²) < 4.78 is 27.0. The minimum atomic E-state index is -0.0806. The maximum Gasteiger partial charge on any atom is 0.260 e. The van der Waals surface area contributed by atoms with Crippen LogP contribution in [0.1, 0.15) is 0 Å². The second-order valence-electron chi connectivity index (χ2n) is 8.05. The highest BCUT2D eigenvalue weighted by Gasteiger charge is 2.23. The van der Waals surface area contributed by atoms with Crippen molar-refractivity contribution in [2.45, 2.75) is 0 Å². The standard InChI is InChI=1S/C26H30N4O6/c1-32-18-5-7-24(35-4)22(16-18)23-6-8-25(28-27-23)29-9-11-30(12-10-29)26(31)17-36-21-14-19(33-2)13-20(15-21)34-3/h5-8,13-16H,9-12,17H2,1-4H3. The highest BCUT2D eigenvalue weighted by Crippen LogP contribution is 2.32. The molecule has 36 heavy (non-hydrogen) atoms. The topological polar surface area (TPSA) is 95.5 Å². The first kappa shape index (κ1) is 24.9. The molecule has 0 bridgehead atoms. The molecule has 0 aliphatic carbocycles. The van der Waals surface area contributed by atoms with Gasteiger partial charge in [0.05, 0.1) is 34.1 Å². The fraction of sp³-hybridized carbons (Fsp3) is 0.346. The van der Waals surface area contributed by atoms with Gasteiger partial charge in [0.1, 0.15) is 28.7 Å². The fourth-order valence-electron chi connectivity index (χ4n) is 3.94. The minimum Gasteiger partial charge on any atom is -0.497 e. The maximum absolute atomic E-state index is 12.7. The number of piperazine rings is 1. The number of nitrogens with zero attached hydrogens (tertiary/aromatic N) is 4. The molecule has 0 saturated carbocycles. The number of rotatable bonds is 9. The van der Waals surface area contributed by atoms with Crippen molar-refractivity contribution in [1.29, 1.82) is 0 Å². The Morgan fingerprint density at radius 1 is 0.750 bits per heavy atom. The average molecular weight is 495 g/mol. The number of benzene rings is 2. The molecule has 190 valence electrons. The Balaban J connectivity index is 1.33. The molecule has 2 heterocycles. The molecule has 4 rings (SSSR count). The first-order chi connectivity index (χ1) is 17.5. The van der Waals surface area contributed by atoms with Crippen molar-refractivity contribution in [1.82, 2.24) is 15.1 Å². The lowest BCUT2D eigenvalue weighted by molar-refractivity contribution is -0.133. The zero-order chi connectivity index (χ0) is 25.5. The monoisotopic (exact) mass is 494 g/mol. The summed E-state index contributed by atoms with van der Waals surface area (Å²) in [6.45, 7) is 2.37. The van der Waals surface area contributed by atoms with Crippen LogP contribution in [-0.4, -0.2) is 82.2 Å². The Hall–Kier alpha value is -4.21. The second-order valence-corrected chi connectivity index (χ2v) is 8.05. The molecule has 0 N–H and O–H groups in total. The van der Waals surface area contributed by atoms with Gasteiger partial charge in [-0.05, 0) is 30.3 Å². The van der Waals surface area contributed by atoms with Crippen LogP contribution >= 0.6 is 0 Å². The zero-order valence-electron chi connectivity index (χ0n) is 20.9. The number of hydrogen-bond acceptors (Lipinski definition) is 9. The summed E-state index contributed by atoms with van der Waals surface area (Å²) in [6, 6.07) is 14.6. The summed E-state index contributed by atoms with van der Waals surface area (Å²) in [4.78, 5) is 16.6. The van der Waals surface area contributed by atoms with E-state index in [1.807, 2.05) is 30.3 Å². The van der Waals surface area contributed by atoms with Crippen LogP contribution in [-0.2, 0) is 4.79 Å². The van der Waals surface area contributed by atoms with E-state index >= 15 is 0 Å². The Morgan fingerprint density at radius 2 is 1.42 bits per heavy atom. The van der Waals surface area contributed by atoms with Gasteiger partial charge >= 0.3 is 0 Å². The van der Waals surface area contributed by atoms with Crippen LogP contribution in [0.3, 0.4) is 0 Å². The van der Waals surface area contributed by atoms with Gasteiger partial charge in [0.2, 0.25) is 0 Å². The molecule has 2 aromatic carbocycles. The molecule has 3 aromatic rings. The predicted octanol–water partition coefficient (Wildman–Crippen LogP) is 2.91. The Labute approximate surface area is 210 Å². The molecule has 1 aliphatic rings. The van der Waals surface area contributed by atoms with Crippen LogP contribution in [0.25, 0.3) is 11.3 Å². The summed E-state index contributed by atoms with van der Waals surface area (Å²) in [5.41, 5.74) is 1.50. The molecule has 0 atom stereocenters. The number of aromatic nitrogens is 2. The van der Waals surface area contributed by atoms with Crippen LogP contribution in [0, 0.1) is 0 Å². The fourth-order valence-corrected chi connectivity index (χ4v) is 3.94. The highest BCUT2D eigenvalue weighted by atomic mass is 16.5. The summed E-state index contributed by atoms with van der Waals surface area (Å²) >= 11 is 0. The first-order valence-electron chi connectivity index (χ1n) is 11.5. The molecule has 0 spiro atoms. The van der Waals surface area contributed by atoms with Crippen LogP contribution in [0.4, 0.5) is 5.82 Å². The number of carbonyl (C=O) groups is 1. The van der Waals surface area contributed by atoms with Gasteiger partial charge in [-0.25, -0.2) is 0 Å². The second kappa shape index (κ2) is 11.5. The lowest BCUT2D eigenvalue weighted by atomic mass is 10.1. The SMILES string of the molecule is COc1cc(OC)cc(OCC(=O)N2CCN(c3ccc(-c4cc(OC)ccc4OC)nn3)CC2)c1. The third kappa shape index (κ3) is 5.70. The quantitative estimate of drug-likeness (QED) is 0.445. The van der Waals surface area contributed by atoms with Crippen LogP contribution in [0.15, 0.2) is 48.5 Å². The van der Waals surface area contributed by atoms with Gasteiger partial charge in [0.25, 0.3) is 5.91 Å². The molecule has 1 amide bonds. The number of hydrogen-bond donors (Lipinski definition) is 0. The highest BCUT2D eigenvalue weighted by molar-refractivity contribution is 5.78. The largest absolute Gasteiger partial charge is 0.497 e. The summed E-state index contributed by atoms with van der Waals surface area (Å²) in [6.07, 6.45) is 0. The Kier molecular flexibility index (Phi) is 7.94. The van der Waals surface area contributed by atoms with Crippen molar-refractivity contribution in [2.75, 3.05) is 66.1 Å². The number of anilines is 1. The molecule has 1 fully saturated rings. The smallest absolute Gasteiger partial charge is 0.260 e. The van der Waals surface area contributed by atoms with Crippen molar-refractivity contribution >= 4 is 11.7 Å². The van der Waals surface area contributed by atoms with Gasteiger partial charge in [0, 0.05) is 49.9 Å². The van der Waals surface area contributed by atoms with Crippen molar-refractivity contribution in [3.63, 3.8) is 0 Å². The Bertz CT molecular complexity index is 1160. The van der Waals surface area contributed by atoms with Gasteiger partial charge in [-0.3, -0.25) is 4.79 Å². The van der Waals surface area contributed by atoms with E-state index < -0.39 is 0 Å². The van der Waals surface area contributed by atoms with E-state index in [4.69, 9.17) is 23.7 Å². The molecule has 10 heteroatoms. The van der Waals surface area contributed by atoms with E-state index in [9.17, 15) is 4.79 Å². The van der Waals surface area contributed by atoms with E-state index in [2.05, 4.69) is 15.1 Å². The molecular weight excluding hydrogens is 464 g/mol. The van der Waals surface area contributed by atoms with Crippen molar-refractivity contribution in [3.8, 4) is 40.0 Å². The number of amides is 1. The van der Waals surface area contributed by atoms with Gasteiger partial charge in [-0.2, -0.15) is 0 Å². The zero-order valence-corrected chi connectivity index (χ0v) is 20.9. The molecule has 1 aromatic heterocycles. The van der Waals surface area contributed by atoms with Crippen molar-refractivity contribution in [2.24, 2.45) is 0 Å². The third-order valence-corrected chi connectivity index (χ3v) is 5.98. The summed E-state index contributed by atoms with van der Waals surface area (Å²) in [5.74, 6) is 3.80. The van der Waals surface area contributed by atoms with Gasteiger partial charge in [-0.1, -0.05) is 0 Å². The Morgan fingerprint density at radius 3 is 2.00 bits per heavy atom. The summed E-state index contributed by atoms with van der Waals surface area (Å²) in [7, 11) is 6.37. The molecule has 1 saturated heterocycles. The van der Waals surface area contributed by atoms with Crippen LogP contribution in [0.2, 0.25) is 0 Å². The third-order valence-electron chi connectivity index (χ3n) is 5.98. The molecular formula is C26H30N4O6. The number of carbonyl (C=O) groups excluding carboxylic acids is 1. The van der Waals surface area contributed by atoms with Gasteiger partial charge in [-0.15, -0.1) is 10.2 Å². The minimum absolute atomic E-state index is 0.0623. The van der Waals surface area contributed by atoms with E-state index in [1.165, 1.54) is 0 Å². The van der Waals surface area contributed by atoms with E-state index in [-0.39, 0.29) is 12.5 Å². The van der Waals surface area contributed by atoms with E-state index in [0.29, 0.717) is 60.6 Å². The van der Waals surface area contributed by atoms with Crippen LogP contribution in [0.5, 0.6) is 28.7 Å². The molecule has 0 radical (unpaired) electrons. The molecule has 10 nitrogen and oxygen atoms in total. The predicted molar refractivity (Wildman–Crippen MR) is 134 cm³/mol. The van der Waals surface area contributed by atoms with Gasteiger partial charge in [0.15, 0.2) is 12.4 Å². The first-order valence-corrected chi connectivity index (χ1v) is 11.5. The lowest BCUT2D eigenvalue weighted by Crippen LogP contribution is -2.50.